The third-order valence-electron chi connectivity index (χ3n) is 7.51. The standard InChI is InChI=1S/C36H68N6O8/c1-3-47-29-19-21-31-49-35(45)41-27-17-11-9-15-25-39-33(43)37-23-13-7-5-6-8-14-24-38-34(44)40-26-16-10-12-18-28-42-36(46)50-32-22-20-30-48-4-2/h3-4H,1-2,5-32H2,(H,41,45)(H,42,46)(H2,37,39,43)(H2,38,40,44). The van der Waals surface area contributed by atoms with Gasteiger partial charge < -0.3 is 50.8 Å². The van der Waals surface area contributed by atoms with Gasteiger partial charge in [-0.15, -0.1) is 0 Å². The van der Waals surface area contributed by atoms with Crippen molar-refractivity contribution in [3.05, 3.63) is 25.7 Å². The maximum absolute atomic E-state index is 11.9. The molecule has 0 radical (unpaired) electrons. The van der Waals surface area contributed by atoms with Crippen LogP contribution < -0.4 is 31.9 Å². The Morgan fingerprint density at radius 2 is 0.620 bits per heavy atom. The largest absolute Gasteiger partial charge is 0.502 e. The van der Waals surface area contributed by atoms with E-state index in [1.807, 2.05) is 0 Å². The van der Waals surface area contributed by atoms with E-state index in [0.717, 1.165) is 116 Å². The van der Waals surface area contributed by atoms with Gasteiger partial charge >= 0.3 is 24.2 Å². The number of hydrogen-bond donors (Lipinski definition) is 6. The summed E-state index contributed by atoms with van der Waals surface area (Å²) in [5.41, 5.74) is 0. The van der Waals surface area contributed by atoms with E-state index < -0.39 is 0 Å². The molecule has 6 N–H and O–H groups in total. The van der Waals surface area contributed by atoms with Gasteiger partial charge in [-0.05, 0) is 64.2 Å². The lowest BCUT2D eigenvalue weighted by atomic mass is 10.1. The highest BCUT2D eigenvalue weighted by atomic mass is 16.6. The predicted molar refractivity (Wildman–Crippen MR) is 197 cm³/mol. The molecule has 14 heteroatoms. The average molecular weight is 713 g/mol. The minimum atomic E-state index is -0.385. The summed E-state index contributed by atoms with van der Waals surface area (Å²) in [4.78, 5) is 47.1. The van der Waals surface area contributed by atoms with Crippen LogP contribution in [0.2, 0.25) is 0 Å². The molecule has 0 saturated heterocycles. The maximum atomic E-state index is 11.9. The highest BCUT2D eigenvalue weighted by Crippen LogP contribution is 2.05. The zero-order valence-electron chi connectivity index (χ0n) is 30.6. The molecule has 0 aromatic rings. The number of unbranched alkanes of at least 4 members (excludes halogenated alkanes) is 13. The second-order valence-corrected chi connectivity index (χ2v) is 11.9. The Balaban J connectivity index is 3.34. The number of urea groups is 2. The van der Waals surface area contributed by atoms with Gasteiger partial charge in [-0.25, -0.2) is 19.2 Å². The van der Waals surface area contributed by atoms with Gasteiger partial charge in [0.1, 0.15) is 0 Å². The van der Waals surface area contributed by atoms with E-state index in [-0.39, 0.29) is 24.2 Å². The Bertz CT molecular complexity index is 796. The first-order chi connectivity index (χ1) is 24.5. The van der Waals surface area contributed by atoms with Crippen molar-refractivity contribution in [3.8, 4) is 0 Å². The van der Waals surface area contributed by atoms with Crippen LogP contribution >= 0.6 is 0 Å². The zero-order chi connectivity index (χ0) is 36.6. The van der Waals surface area contributed by atoms with Crippen molar-refractivity contribution in [2.45, 2.75) is 116 Å². The number of carbonyl (C=O) groups is 4. The molecule has 290 valence electrons. The van der Waals surface area contributed by atoms with Crippen LogP contribution in [0.3, 0.4) is 0 Å². The monoisotopic (exact) mass is 713 g/mol. The van der Waals surface area contributed by atoms with E-state index >= 15 is 0 Å². The third kappa shape index (κ3) is 37.0. The van der Waals surface area contributed by atoms with Gasteiger partial charge in [0.25, 0.3) is 0 Å². The Hall–Kier alpha value is -3.84. The van der Waals surface area contributed by atoms with Crippen LogP contribution in [0.25, 0.3) is 0 Å². The fourth-order valence-electron chi connectivity index (χ4n) is 4.65. The average Bonchev–Trinajstić information content (AvgIpc) is 3.10. The summed E-state index contributed by atoms with van der Waals surface area (Å²) in [5, 5.41) is 17.1. The van der Waals surface area contributed by atoms with Crippen LogP contribution in [-0.2, 0) is 18.9 Å². The molecule has 0 atom stereocenters. The molecule has 0 aromatic carbocycles. The molecule has 0 saturated carbocycles. The lowest BCUT2D eigenvalue weighted by molar-refractivity contribution is 0.139. The normalized spacial score (nSPS) is 10.3. The van der Waals surface area contributed by atoms with E-state index in [1.165, 1.54) is 12.5 Å². The number of amides is 6. The van der Waals surface area contributed by atoms with Gasteiger partial charge in [-0.3, -0.25) is 0 Å². The summed E-state index contributed by atoms with van der Waals surface area (Å²) in [7, 11) is 0. The molecule has 0 unspecified atom stereocenters. The zero-order valence-corrected chi connectivity index (χ0v) is 30.6. The Morgan fingerprint density at radius 3 is 0.920 bits per heavy atom. The molecule has 0 rings (SSSR count). The van der Waals surface area contributed by atoms with Gasteiger partial charge in [0.05, 0.1) is 39.0 Å². The minimum Gasteiger partial charge on any atom is -0.502 e. The van der Waals surface area contributed by atoms with Crippen molar-refractivity contribution in [2.75, 3.05) is 65.7 Å². The molecular weight excluding hydrogens is 644 g/mol. The molecule has 14 nitrogen and oxygen atoms in total. The number of hydrogen-bond acceptors (Lipinski definition) is 8. The Morgan fingerprint density at radius 1 is 0.360 bits per heavy atom. The number of carbonyl (C=O) groups excluding carboxylic acids is 4. The third-order valence-corrected chi connectivity index (χ3v) is 7.51. The number of nitrogens with one attached hydrogen (secondary N) is 6. The Labute approximate surface area is 301 Å². The first-order valence-electron chi connectivity index (χ1n) is 18.8. The molecule has 0 aliphatic heterocycles. The van der Waals surface area contributed by atoms with E-state index in [0.29, 0.717) is 65.7 Å². The SMILES string of the molecule is C=COCCCCOC(=O)NCCCCCCNC(=O)NCCCCCCCCNC(=O)NCCCCCCNC(=O)OCCCCOC=C. The maximum Gasteiger partial charge on any atom is 0.407 e. The molecule has 0 aromatic heterocycles. The Kier molecular flexibility index (Phi) is 35.1. The molecule has 0 bridgehead atoms. The molecule has 6 amide bonds. The summed E-state index contributed by atoms with van der Waals surface area (Å²) in [5.74, 6) is 0. The van der Waals surface area contributed by atoms with Crippen LogP contribution in [0.5, 0.6) is 0 Å². The van der Waals surface area contributed by atoms with Crippen molar-refractivity contribution in [1.29, 1.82) is 0 Å². The molecule has 50 heavy (non-hydrogen) atoms. The van der Waals surface area contributed by atoms with Gasteiger partial charge in [0.15, 0.2) is 0 Å². The number of alkyl carbamates (subject to hydrolysis) is 2. The molecule has 0 aliphatic rings. The van der Waals surface area contributed by atoms with Gasteiger partial charge in [0.2, 0.25) is 0 Å². The van der Waals surface area contributed by atoms with Crippen LogP contribution in [0.4, 0.5) is 19.2 Å². The van der Waals surface area contributed by atoms with E-state index in [4.69, 9.17) is 18.9 Å². The van der Waals surface area contributed by atoms with E-state index in [1.54, 1.807) is 0 Å². The molecular formula is C36H68N6O8. The van der Waals surface area contributed by atoms with Crippen molar-refractivity contribution >= 4 is 24.2 Å². The fraction of sp³-hybridized carbons (Fsp3) is 0.778. The summed E-state index contributed by atoms with van der Waals surface area (Å²) in [6.07, 6.45) is 18.9. The highest BCUT2D eigenvalue weighted by molar-refractivity contribution is 5.74. The van der Waals surface area contributed by atoms with Crippen molar-refractivity contribution in [1.82, 2.24) is 31.9 Å². The van der Waals surface area contributed by atoms with Crippen LogP contribution in [-0.4, -0.2) is 89.9 Å². The second-order valence-electron chi connectivity index (χ2n) is 11.9. The van der Waals surface area contributed by atoms with Crippen LogP contribution in [0.15, 0.2) is 25.7 Å². The van der Waals surface area contributed by atoms with E-state index in [9.17, 15) is 19.2 Å². The topological polar surface area (TPSA) is 177 Å². The van der Waals surface area contributed by atoms with Crippen molar-refractivity contribution in [2.24, 2.45) is 0 Å². The van der Waals surface area contributed by atoms with Crippen molar-refractivity contribution in [3.63, 3.8) is 0 Å². The van der Waals surface area contributed by atoms with Crippen LogP contribution in [0.1, 0.15) is 116 Å². The van der Waals surface area contributed by atoms with Gasteiger partial charge in [-0.1, -0.05) is 64.5 Å². The smallest absolute Gasteiger partial charge is 0.407 e. The summed E-state index contributed by atoms with van der Waals surface area (Å²) in [6, 6.07) is -0.250. The van der Waals surface area contributed by atoms with Crippen LogP contribution in [0, 0.1) is 0 Å². The second kappa shape index (κ2) is 38.0. The molecule has 0 fully saturated rings. The molecule has 0 heterocycles. The highest BCUT2D eigenvalue weighted by Gasteiger charge is 2.04. The fourth-order valence-corrected chi connectivity index (χ4v) is 4.65. The van der Waals surface area contributed by atoms with Gasteiger partial charge in [0, 0.05) is 39.3 Å². The summed E-state index contributed by atoms with van der Waals surface area (Å²) >= 11 is 0. The molecule has 0 aliphatic carbocycles. The lowest BCUT2D eigenvalue weighted by Crippen LogP contribution is -2.36. The first kappa shape index (κ1) is 46.2. The van der Waals surface area contributed by atoms with Gasteiger partial charge in [-0.2, -0.15) is 0 Å². The van der Waals surface area contributed by atoms with Crippen molar-refractivity contribution < 1.29 is 38.1 Å². The lowest BCUT2D eigenvalue weighted by Gasteiger charge is -2.09. The summed E-state index contributed by atoms with van der Waals surface area (Å²) in [6.45, 7) is 12.6. The quantitative estimate of drug-likeness (QED) is 0.0324. The summed E-state index contributed by atoms with van der Waals surface area (Å²) < 4.78 is 20.2. The molecule has 0 spiro atoms. The minimum absolute atomic E-state index is 0.125. The first-order valence-corrected chi connectivity index (χ1v) is 18.8. The number of rotatable bonds is 35. The number of ether oxygens (including phenoxy) is 4. The van der Waals surface area contributed by atoms with E-state index in [2.05, 4.69) is 45.1 Å². The predicted octanol–water partition coefficient (Wildman–Crippen LogP) is 6.38.